The van der Waals surface area contributed by atoms with E-state index in [0.29, 0.717) is 46.4 Å². The molecule has 0 bridgehead atoms. The monoisotopic (exact) mass is 540 g/mol. The third-order valence-electron chi connectivity index (χ3n) is 5.78. The third kappa shape index (κ3) is 5.35. The Hall–Kier alpha value is -3.33. The second kappa shape index (κ2) is 10.9. The highest BCUT2D eigenvalue weighted by Crippen LogP contribution is 2.43. The maximum atomic E-state index is 13.1. The first-order valence-electron chi connectivity index (χ1n) is 11.5. The van der Waals surface area contributed by atoms with Gasteiger partial charge >= 0.3 is 5.97 Å². The summed E-state index contributed by atoms with van der Waals surface area (Å²) in [6, 6.07) is 11.4. The SMILES string of the molecule is CCCCOC(=O)C1=C(C)Nc2ncnn2C1c1cc(Br)c(OCc2cccc(C)c2)c(OC)c1. The summed E-state index contributed by atoms with van der Waals surface area (Å²) in [4.78, 5) is 17.4. The Morgan fingerprint density at radius 1 is 1.23 bits per heavy atom. The van der Waals surface area contributed by atoms with E-state index in [4.69, 9.17) is 14.2 Å². The van der Waals surface area contributed by atoms with E-state index < -0.39 is 6.04 Å². The van der Waals surface area contributed by atoms with Crippen LogP contribution in [0.15, 0.2) is 58.5 Å². The number of carbonyl (C=O) groups is 1. The zero-order chi connectivity index (χ0) is 24.9. The van der Waals surface area contributed by atoms with Crippen molar-refractivity contribution >= 4 is 27.8 Å². The number of unbranched alkanes of at least 4 members (excludes halogenated alkanes) is 1. The number of methoxy groups -OCH3 is 1. The number of ether oxygens (including phenoxy) is 3. The number of nitrogens with zero attached hydrogens (tertiary/aromatic N) is 3. The Kier molecular flexibility index (Phi) is 7.75. The summed E-state index contributed by atoms with van der Waals surface area (Å²) in [5, 5.41) is 7.54. The van der Waals surface area contributed by atoms with Crippen molar-refractivity contribution in [2.75, 3.05) is 19.0 Å². The van der Waals surface area contributed by atoms with Gasteiger partial charge in [0, 0.05) is 5.70 Å². The van der Waals surface area contributed by atoms with Crippen LogP contribution >= 0.6 is 15.9 Å². The highest BCUT2D eigenvalue weighted by molar-refractivity contribution is 9.10. The van der Waals surface area contributed by atoms with Gasteiger partial charge in [-0.2, -0.15) is 10.1 Å². The smallest absolute Gasteiger partial charge is 0.338 e. The Balaban J connectivity index is 1.70. The van der Waals surface area contributed by atoms with Crippen molar-refractivity contribution < 1.29 is 19.0 Å². The van der Waals surface area contributed by atoms with Crippen LogP contribution in [-0.2, 0) is 16.1 Å². The standard InChI is InChI=1S/C26H29BrN4O4/c1-5-6-10-34-25(32)22-17(3)30-26-28-15-29-31(26)23(22)19-12-20(27)24(21(13-19)33-4)35-14-18-9-7-8-16(2)11-18/h7-9,11-13,15,23H,5-6,10,14H2,1-4H3,(H,28,29,30). The minimum Gasteiger partial charge on any atom is -0.493 e. The number of hydrogen-bond donors (Lipinski definition) is 1. The normalized spacial score (nSPS) is 14.8. The maximum absolute atomic E-state index is 13.1. The summed E-state index contributed by atoms with van der Waals surface area (Å²) >= 11 is 3.65. The van der Waals surface area contributed by atoms with E-state index >= 15 is 0 Å². The van der Waals surface area contributed by atoms with Crippen molar-refractivity contribution in [2.45, 2.75) is 46.3 Å². The van der Waals surface area contributed by atoms with Crippen LogP contribution in [0.4, 0.5) is 5.95 Å². The lowest BCUT2D eigenvalue weighted by atomic mass is 9.95. The van der Waals surface area contributed by atoms with Gasteiger partial charge in [0.2, 0.25) is 5.95 Å². The molecule has 2 heterocycles. The highest BCUT2D eigenvalue weighted by Gasteiger charge is 2.35. The van der Waals surface area contributed by atoms with Crippen LogP contribution in [-0.4, -0.2) is 34.5 Å². The molecule has 1 aliphatic rings. The van der Waals surface area contributed by atoms with Gasteiger partial charge < -0.3 is 19.5 Å². The molecule has 184 valence electrons. The minimum atomic E-state index is -0.543. The first-order chi connectivity index (χ1) is 16.9. The van der Waals surface area contributed by atoms with E-state index in [1.165, 1.54) is 11.9 Å². The zero-order valence-corrected chi connectivity index (χ0v) is 21.9. The van der Waals surface area contributed by atoms with Crippen LogP contribution in [0.2, 0.25) is 0 Å². The fourth-order valence-corrected chi connectivity index (χ4v) is 4.62. The molecule has 0 amide bonds. The fraction of sp³-hybridized carbons (Fsp3) is 0.346. The van der Waals surface area contributed by atoms with Crippen LogP contribution in [0, 0.1) is 6.92 Å². The molecular weight excluding hydrogens is 512 g/mol. The molecule has 0 radical (unpaired) electrons. The number of rotatable bonds is 9. The molecule has 35 heavy (non-hydrogen) atoms. The Bertz CT molecular complexity index is 1250. The second-order valence-electron chi connectivity index (χ2n) is 8.40. The van der Waals surface area contributed by atoms with Crippen LogP contribution in [0.25, 0.3) is 0 Å². The van der Waals surface area contributed by atoms with E-state index in [1.807, 2.05) is 44.2 Å². The Morgan fingerprint density at radius 2 is 2.06 bits per heavy atom. The van der Waals surface area contributed by atoms with E-state index in [1.54, 1.807) is 11.8 Å². The molecule has 1 aromatic heterocycles. The highest BCUT2D eigenvalue weighted by atomic mass is 79.9. The fourth-order valence-electron chi connectivity index (χ4n) is 4.05. The molecule has 0 spiro atoms. The molecule has 0 saturated heterocycles. The average Bonchev–Trinajstić information content (AvgIpc) is 3.30. The molecule has 8 nitrogen and oxygen atoms in total. The van der Waals surface area contributed by atoms with Gasteiger partial charge in [0.25, 0.3) is 0 Å². The van der Waals surface area contributed by atoms with Crippen LogP contribution in [0.5, 0.6) is 11.5 Å². The molecule has 0 saturated carbocycles. The molecule has 4 rings (SSSR count). The number of fused-ring (bicyclic) bond motifs is 1. The average molecular weight is 541 g/mol. The van der Waals surface area contributed by atoms with Crippen LogP contribution in [0.3, 0.4) is 0 Å². The van der Waals surface area contributed by atoms with Gasteiger partial charge in [0.15, 0.2) is 11.5 Å². The van der Waals surface area contributed by atoms with Crippen molar-refractivity contribution in [3.63, 3.8) is 0 Å². The molecule has 3 aromatic rings. The topological polar surface area (TPSA) is 87.5 Å². The van der Waals surface area contributed by atoms with E-state index in [0.717, 1.165) is 24.0 Å². The number of hydrogen-bond acceptors (Lipinski definition) is 7. The first kappa shape index (κ1) is 24.8. The second-order valence-corrected chi connectivity index (χ2v) is 9.25. The van der Waals surface area contributed by atoms with E-state index in [9.17, 15) is 4.79 Å². The van der Waals surface area contributed by atoms with Crippen molar-refractivity contribution in [3.8, 4) is 11.5 Å². The summed E-state index contributed by atoms with van der Waals surface area (Å²) in [5.41, 5.74) is 4.16. The van der Waals surface area contributed by atoms with Gasteiger partial charge in [-0.15, -0.1) is 0 Å². The number of esters is 1. The number of benzene rings is 2. The molecule has 1 aliphatic heterocycles. The van der Waals surface area contributed by atoms with Crippen molar-refractivity contribution in [1.82, 2.24) is 14.8 Å². The number of halogens is 1. The molecule has 0 fully saturated rings. The summed E-state index contributed by atoms with van der Waals surface area (Å²) < 4.78 is 19.8. The molecule has 2 aromatic carbocycles. The van der Waals surface area contributed by atoms with Gasteiger partial charge in [0.05, 0.1) is 23.8 Å². The zero-order valence-electron chi connectivity index (χ0n) is 20.3. The lowest BCUT2D eigenvalue weighted by Crippen LogP contribution is -2.30. The van der Waals surface area contributed by atoms with Crippen LogP contribution < -0.4 is 14.8 Å². The largest absolute Gasteiger partial charge is 0.493 e. The number of nitrogens with one attached hydrogen (secondary N) is 1. The number of aromatic nitrogens is 3. The van der Waals surface area contributed by atoms with Crippen LogP contribution in [0.1, 0.15) is 49.4 Å². The summed E-state index contributed by atoms with van der Waals surface area (Å²) in [5.74, 6) is 1.29. The van der Waals surface area contributed by atoms with E-state index in [-0.39, 0.29) is 5.97 Å². The molecular formula is C26H29BrN4O4. The molecule has 0 aliphatic carbocycles. The minimum absolute atomic E-state index is 0.363. The van der Waals surface area contributed by atoms with E-state index in [2.05, 4.69) is 44.3 Å². The number of anilines is 1. The molecule has 1 N–H and O–H groups in total. The Morgan fingerprint density at radius 3 is 2.80 bits per heavy atom. The third-order valence-corrected chi connectivity index (χ3v) is 6.37. The number of allylic oxidation sites excluding steroid dienone is 1. The van der Waals surface area contributed by atoms with Crippen molar-refractivity contribution in [2.24, 2.45) is 0 Å². The van der Waals surface area contributed by atoms with Gasteiger partial charge in [-0.05, 0) is 59.5 Å². The molecule has 9 heteroatoms. The lowest BCUT2D eigenvalue weighted by molar-refractivity contribution is -0.139. The van der Waals surface area contributed by atoms with Gasteiger partial charge in [-0.1, -0.05) is 43.2 Å². The molecule has 1 unspecified atom stereocenters. The van der Waals surface area contributed by atoms with Gasteiger partial charge in [0.1, 0.15) is 19.0 Å². The summed E-state index contributed by atoms with van der Waals surface area (Å²) in [6.07, 6.45) is 3.20. The predicted octanol–water partition coefficient (Wildman–Crippen LogP) is 5.57. The van der Waals surface area contributed by atoms with Gasteiger partial charge in [-0.25, -0.2) is 9.48 Å². The summed E-state index contributed by atoms with van der Waals surface area (Å²) in [6.45, 7) is 6.70. The lowest BCUT2D eigenvalue weighted by Gasteiger charge is -2.29. The first-order valence-corrected chi connectivity index (χ1v) is 12.3. The number of aryl methyl sites for hydroxylation is 1. The quantitative estimate of drug-likeness (QED) is 0.280. The molecule has 1 atom stereocenters. The van der Waals surface area contributed by atoms with Gasteiger partial charge in [-0.3, -0.25) is 0 Å². The predicted molar refractivity (Wildman–Crippen MR) is 137 cm³/mol. The Labute approximate surface area is 213 Å². The number of carbonyl (C=O) groups excluding carboxylic acids is 1. The van der Waals surface area contributed by atoms with Crippen molar-refractivity contribution in [1.29, 1.82) is 0 Å². The maximum Gasteiger partial charge on any atom is 0.338 e. The summed E-state index contributed by atoms with van der Waals surface area (Å²) in [7, 11) is 1.59. The van der Waals surface area contributed by atoms with Crippen molar-refractivity contribution in [3.05, 3.63) is 75.2 Å².